The number of fused-ring (bicyclic) bond motifs is 1. The van der Waals surface area contributed by atoms with E-state index in [1.165, 1.54) is 11.3 Å². The van der Waals surface area contributed by atoms with Crippen LogP contribution in [0.4, 0.5) is 0 Å². The fourth-order valence-corrected chi connectivity index (χ4v) is 2.98. The molecular formula is C17H15N5S. The molecule has 0 N–H and O–H groups in total. The van der Waals surface area contributed by atoms with E-state index < -0.39 is 0 Å². The van der Waals surface area contributed by atoms with Gasteiger partial charge in [0.1, 0.15) is 6.07 Å². The second kappa shape index (κ2) is 5.78. The monoisotopic (exact) mass is 321 g/mol. The van der Waals surface area contributed by atoms with Crippen molar-refractivity contribution in [1.82, 2.24) is 19.9 Å². The Labute approximate surface area is 138 Å². The molecule has 0 saturated heterocycles. The molecule has 5 nitrogen and oxygen atoms in total. The largest absolute Gasteiger partial charge is 0.323 e. The highest BCUT2D eigenvalue weighted by molar-refractivity contribution is 7.18. The summed E-state index contributed by atoms with van der Waals surface area (Å²) in [5.41, 5.74) is 4.48. The van der Waals surface area contributed by atoms with Crippen LogP contribution in [0.25, 0.3) is 16.1 Å². The van der Waals surface area contributed by atoms with Crippen molar-refractivity contribution in [2.24, 2.45) is 0 Å². The molecule has 0 bridgehead atoms. The first kappa shape index (κ1) is 15.1. The third-order valence-corrected chi connectivity index (χ3v) is 4.10. The lowest BCUT2D eigenvalue weighted by molar-refractivity contribution is 0.637. The van der Waals surface area contributed by atoms with Gasteiger partial charge in [0.2, 0.25) is 0 Å². The Morgan fingerprint density at radius 1 is 1.39 bits per heavy atom. The third-order valence-electron chi connectivity index (χ3n) is 3.24. The lowest BCUT2D eigenvalue weighted by atomic mass is 10.0. The maximum atomic E-state index is 9.36. The normalized spacial score (nSPS) is 14.3. The van der Waals surface area contributed by atoms with Crippen molar-refractivity contribution in [2.75, 3.05) is 0 Å². The summed E-state index contributed by atoms with van der Waals surface area (Å²) >= 11 is 1.51. The minimum absolute atomic E-state index is 0.516. The Kier molecular flexibility index (Phi) is 3.80. The zero-order chi connectivity index (χ0) is 16.6. The standard InChI is InChI=1S/C17H15N5S/c1-10(2)8-22-9-14(5-13(6-18)11(22)3)15-7-19-16-17(21-15)23-12(4)20-16/h5,7-9H,3H2,1-2,4H3. The third kappa shape index (κ3) is 2.91. The number of aromatic nitrogens is 3. The summed E-state index contributed by atoms with van der Waals surface area (Å²) in [5, 5.41) is 10.3. The van der Waals surface area contributed by atoms with Gasteiger partial charge in [-0.15, -0.1) is 0 Å². The predicted molar refractivity (Wildman–Crippen MR) is 92.0 cm³/mol. The number of hydrogen-bond donors (Lipinski definition) is 0. The minimum atomic E-state index is 0.516. The summed E-state index contributed by atoms with van der Waals surface area (Å²) in [7, 11) is 0. The molecule has 114 valence electrons. The maximum absolute atomic E-state index is 9.36. The van der Waals surface area contributed by atoms with Gasteiger partial charge in [-0.2, -0.15) is 5.26 Å². The summed E-state index contributed by atoms with van der Waals surface area (Å²) in [6.45, 7) is 9.91. The first-order chi connectivity index (χ1) is 11.0. The number of nitrogens with zero attached hydrogens (tertiary/aromatic N) is 5. The van der Waals surface area contributed by atoms with E-state index in [0.29, 0.717) is 22.6 Å². The van der Waals surface area contributed by atoms with E-state index in [0.717, 1.165) is 21.0 Å². The van der Waals surface area contributed by atoms with Crippen LogP contribution in [-0.2, 0) is 0 Å². The van der Waals surface area contributed by atoms with E-state index in [9.17, 15) is 5.26 Å². The summed E-state index contributed by atoms with van der Waals surface area (Å²) in [5.74, 6) is 0. The SMILES string of the molecule is C=C1C(C#N)=CC(c2cnc3nc(C)sc3n2)=CN1C=C(C)C. The number of thiazole rings is 1. The molecule has 0 spiro atoms. The highest BCUT2D eigenvalue weighted by Gasteiger charge is 2.18. The van der Waals surface area contributed by atoms with Gasteiger partial charge in [0.15, 0.2) is 10.5 Å². The van der Waals surface area contributed by atoms with Gasteiger partial charge < -0.3 is 4.90 Å². The Balaban J connectivity index is 2.11. The predicted octanol–water partition coefficient (Wildman–Crippen LogP) is 3.94. The van der Waals surface area contributed by atoms with E-state index in [1.807, 2.05) is 38.1 Å². The molecule has 23 heavy (non-hydrogen) atoms. The molecule has 0 unspecified atom stereocenters. The van der Waals surface area contributed by atoms with Crippen molar-refractivity contribution in [3.05, 3.63) is 58.8 Å². The van der Waals surface area contributed by atoms with Gasteiger partial charge >= 0.3 is 0 Å². The second-order valence-electron chi connectivity index (χ2n) is 5.43. The zero-order valence-corrected chi connectivity index (χ0v) is 14.0. The number of hydrogen-bond acceptors (Lipinski definition) is 6. The minimum Gasteiger partial charge on any atom is -0.323 e. The highest BCUT2D eigenvalue weighted by atomic mass is 32.1. The molecule has 0 amide bonds. The van der Waals surface area contributed by atoms with Crippen LogP contribution in [0.5, 0.6) is 0 Å². The summed E-state index contributed by atoms with van der Waals surface area (Å²) < 4.78 is 0. The Bertz CT molecular complexity index is 936. The Morgan fingerprint density at radius 3 is 2.87 bits per heavy atom. The first-order valence-electron chi connectivity index (χ1n) is 7.05. The maximum Gasteiger partial charge on any atom is 0.189 e. The molecule has 0 aliphatic carbocycles. The van der Waals surface area contributed by atoms with Crippen LogP contribution in [0.1, 0.15) is 24.5 Å². The molecule has 0 radical (unpaired) electrons. The summed E-state index contributed by atoms with van der Waals surface area (Å²) in [6.07, 6.45) is 7.34. The van der Waals surface area contributed by atoms with Crippen molar-refractivity contribution in [3.8, 4) is 6.07 Å². The average Bonchev–Trinajstić information content (AvgIpc) is 2.87. The molecule has 0 aromatic carbocycles. The first-order valence-corrected chi connectivity index (χ1v) is 7.86. The molecule has 6 heteroatoms. The van der Waals surface area contributed by atoms with Gasteiger partial charge in [-0.25, -0.2) is 15.0 Å². The van der Waals surface area contributed by atoms with Crippen LogP contribution >= 0.6 is 11.3 Å². The smallest absolute Gasteiger partial charge is 0.189 e. The average molecular weight is 321 g/mol. The van der Waals surface area contributed by atoms with Crippen molar-refractivity contribution < 1.29 is 0 Å². The summed E-state index contributed by atoms with van der Waals surface area (Å²) in [4.78, 5) is 16.0. The molecule has 2 aromatic rings. The van der Waals surface area contributed by atoms with Crippen LogP contribution in [0.3, 0.4) is 0 Å². The van der Waals surface area contributed by atoms with E-state index in [-0.39, 0.29) is 0 Å². The van der Waals surface area contributed by atoms with Gasteiger partial charge in [-0.1, -0.05) is 23.5 Å². The van der Waals surface area contributed by atoms with Crippen molar-refractivity contribution in [3.63, 3.8) is 0 Å². The fraction of sp³-hybridized carbons (Fsp3) is 0.176. The molecular weight excluding hydrogens is 306 g/mol. The Hall–Kier alpha value is -2.78. The van der Waals surface area contributed by atoms with Crippen LogP contribution in [0.15, 0.2) is 48.1 Å². The van der Waals surface area contributed by atoms with Crippen molar-refractivity contribution in [1.29, 1.82) is 5.26 Å². The lowest BCUT2D eigenvalue weighted by Gasteiger charge is -2.24. The van der Waals surface area contributed by atoms with Gasteiger partial charge in [0.05, 0.1) is 28.2 Å². The van der Waals surface area contributed by atoms with E-state index in [4.69, 9.17) is 0 Å². The van der Waals surface area contributed by atoms with Gasteiger partial charge in [-0.3, -0.25) is 0 Å². The number of allylic oxidation sites excluding steroid dienone is 4. The molecule has 3 heterocycles. The van der Waals surface area contributed by atoms with Crippen molar-refractivity contribution >= 4 is 27.4 Å². The molecule has 0 fully saturated rings. The molecule has 1 aliphatic rings. The van der Waals surface area contributed by atoms with Gasteiger partial charge in [-0.05, 0) is 26.8 Å². The lowest BCUT2D eigenvalue weighted by Crippen LogP contribution is -2.15. The van der Waals surface area contributed by atoms with Crippen LogP contribution in [-0.4, -0.2) is 19.9 Å². The molecule has 2 aromatic heterocycles. The zero-order valence-electron chi connectivity index (χ0n) is 13.2. The number of nitriles is 1. The fourth-order valence-electron chi connectivity index (χ4n) is 2.24. The van der Waals surface area contributed by atoms with E-state index in [1.54, 1.807) is 12.3 Å². The molecule has 0 atom stereocenters. The second-order valence-corrected chi connectivity index (χ2v) is 6.61. The van der Waals surface area contributed by atoms with E-state index >= 15 is 0 Å². The van der Waals surface area contributed by atoms with Crippen LogP contribution in [0, 0.1) is 18.3 Å². The topological polar surface area (TPSA) is 65.7 Å². The molecule has 0 saturated carbocycles. The summed E-state index contributed by atoms with van der Waals surface area (Å²) in [6, 6.07) is 2.19. The van der Waals surface area contributed by atoms with E-state index in [2.05, 4.69) is 27.6 Å². The Morgan fingerprint density at radius 2 is 2.17 bits per heavy atom. The van der Waals surface area contributed by atoms with Crippen LogP contribution in [0.2, 0.25) is 0 Å². The molecule has 3 rings (SSSR count). The van der Waals surface area contributed by atoms with Crippen LogP contribution < -0.4 is 0 Å². The quantitative estimate of drug-likeness (QED) is 0.838. The number of aryl methyl sites for hydroxylation is 1. The van der Waals surface area contributed by atoms with Crippen molar-refractivity contribution in [2.45, 2.75) is 20.8 Å². The van der Waals surface area contributed by atoms with Gasteiger partial charge in [0, 0.05) is 18.0 Å². The molecule has 1 aliphatic heterocycles. The number of rotatable bonds is 2. The highest BCUT2D eigenvalue weighted by Crippen LogP contribution is 2.29. The van der Waals surface area contributed by atoms with Gasteiger partial charge in [0.25, 0.3) is 0 Å².